The molecule has 0 radical (unpaired) electrons. The fraction of sp³-hybridized carbons (Fsp3) is 0.533. The third kappa shape index (κ3) is 4.72. The molecule has 0 aliphatic rings. The zero-order chi connectivity index (χ0) is 15.3. The Morgan fingerprint density at radius 2 is 2.00 bits per heavy atom. The van der Waals surface area contributed by atoms with Crippen molar-refractivity contribution in [2.45, 2.75) is 46.1 Å². The van der Waals surface area contributed by atoms with Gasteiger partial charge in [-0.2, -0.15) is 0 Å². The molecule has 0 aliphatic carbocycles. The van der Waals surface area contributed by atoms with Gasteiger partial charge in [0.05, 0.1) is 16.9 Å². The maximum absolute atomic E-state index is 13.6. The molecule has 0 spiro atoms. The van der Waals surface area contributed by atoms with Gasteiger partial charge in [-0.1, -0.05) is 26.7 Å². The minimum absolute atomic E-state index is 0.158. The van der Waals surface area contributed by atoms with Crippen molar-refractivity contribution < 1.29 is 14.3 Å². The van der Waals surface area contributed by atoms with E-state index in [0.29, 0.717) is 11.6 Å². The first kappa shape index (κ1) is 16.3. The van der Waals surface area contributed by atoms with Crippen molar-refractivity contribution in [3.8, 4) is 0 Å². The van der Waals surface area contributed by atoms with Crippen molar-refractivity contribution in [2.75, 3.05) is 11.1 Å². The molecule has 0 saturated carbocycles. The summed E-state index contributed by atoms with van der Waals surface area (Å²) in [7, 11) is 0. The average Bonchev–Trinajstić information content (AvgIpc) is 2.32. The topological polar surface area (TPSA) is 75.3 Å². The van der Waals surface area contributed by atoms with Gasteiger partial charge >= 0.3 is 5.97 Å². The predicted octanol–water partition coefficient (Wildman–Crippen LogP) is 3.73. The quantitative estimate of drug-likeness (QED) is 0.666. The summed E-state index contributed by atoms with van der Waals surface area (Å²) in [4.78, 5) is 10.8. The number of hydrogen-bond acceptors (Lipinski definition) is 3. The monoisotopic (exact) mass is 282 g/mol. The Balaban J connectivity index is 2.68. The first-order valence-electron chi connectivity index (χ1n) is 6.90. The summed E-state index contributed by atoms with van der Waals surface area (Å²) in [5, 5.41) is 11.9. The van der Waals surface area contributed by atoms with Crippen LogP contribution >= 0.6 is 0 Å². The van der Waals surface area contributed by atoms with Crippen LogP contribution in [0.2, 0.25) is 0 Å². The van der Waals surface area contributed by atoms with E-state index in [4.69, 9.17) is 10.8 Å². The van der Waals surface area contributed by atoms with Crippen molar-refractivity contribution in [2.24, 2.45) is 5.92 Å². The molecule has 0 saturated heterocycles. The largest absolute Gasteiger partial charge is 0.478 e. The lowest BCUT2D eigenvalue weighted by molar-refractivity contribution is 0.0692. The Morgan fingerprint density at radius 3 is 2.55 bits per heavy atom. The second-order valence-electron chi connectivity index (χ2n) is 5.59. The SMILES string of the molecule is CC(C)CCCC(C)Nc1cc(F)c(C(=O)O)cc1N. The van der Waals surface area contributed by atoms with E-state index in [2.05, 4.69) is 19.2 Å². The van der Waals surface area contributed by atoms with Crippen molar-refractivity contribution >= 4 is 17.3 Å². The molecule has 1 aromatic carbocycles. The molecule has 1 aromatic rings. The molecule has 4 N–H and O–H groups in total. The number of rotatable bonds is 7. The number of anilines is 2. The Hall–Kier alpha value is -1.78. The van der Waals surface area contributed by atoms with E-state index < -0.39 is 17.3 Å². The number of carboxylic acids is 1. The van der Waals surface area contributed by atoms with Crippen LogP contribution in [0.5, 0.6) is 0 Å². The third-order valence-electron chi connectivity index (χ3n) is 3.19. The predicted molar refractivity (Wildman–Crippen MR) is 79.5 cm³/mol. The van der Waals surface area contributed by atoms with Gasteiger partial charge in [0.15, 0.2) is 0 Å². The van der Waals surface area contributed by atoms with Crippen LogP contribution in [-0.4, -0.2) is 17.1 Å². The summed E-state index contributed by atoms with van der Waals surface area (Å²) < 4.78 is 13.6. The van der Waals surface area contributed by atoms with Crippen LogP contribution in [-0.2, 0) is 0 Å². The Kier molecular flexibility index (Phi) is 5.80. The summed E-state index contributed by atoms with van der Waals surface area (Å²) in [6, 6.07) is 2.46. The maximum Gasteiger partial charge on any atom is 0.338 e. The number of nitrogen functional groups attached to an aromatic ring is 1. The summed E-state index contributed by atoms with van der Waals surface area (Å²) in [5.74, 6) is -1.42. The normalized spacial score (nSPS) is 12.4. The van der Waals surface area contributed by atoms with Gasteiger partial charge in [-0.15, -0.1) is 0 Å². The van der Waals surface area contributed by atoms with Gasteiger partial charge in [-0.3, -0.25) is 0 Å². The van der Waals surface area contributed by atoms with Gasteiger partial charge in [-0.25, -0.2) is 9.18 Å². The number of hydrogen-bond donors (Lipinski definition) is 3. The van der Waals surface area contributed by atoms with Crippen molar-refractivity contribution in [1.82, 2.24) is 0 Å². The molecule has 0 aliphatic heterocycles. The summed E-state index contributed by atoms with van der Waals surface area (Å²) in [5.41, 5.74) is 6.06. The number of benzene rings is 1. The number of nitrogens with one attached hydrogen (secondary N) is 1. The van der Waals surface area contributed by atoms with Crippen LogP contribution in [0.4, 0.5) is 15.8 Å². The molecule has 4 nitrogen and oxygen atoms in total. The van der Waals surface area contributed by atoms with Crippen molar-refractivity contribution in [3.05, 3.63) is 23.5 Å². The van der Waals surface area contributed by atoms with Crippen LogP contribution < -0.4 is 11.1 Å². The van der Waals surface area contributed by atoms with Gasteiger partial charge in [0.2, 0.25) is 0 Å². The summed E-state index contributed by atoms with van der Waals surface area (Å²) in [6.45, 7) is 6.36. The lowest BCUT2D eigenvalue weighted by Gasteiger charge is -2.18. The number of nitrogens with two attached hydrogens (primary N) is 1. The summed E-state index contributed by atoms with van der Waals surface area (Å²) in [6.07, 6.45) is 3.19. The van der Waals surface area contributed by atoms with E-state index in [9.17, 15) is 9.18 Å². The second kappa shape index (κ2) is 7.12. The van der Waals surface area contributed by atoms with Gasteiger partial charge in [0, 0.05) is 6.04 Å². The molecule has 0 aromatic heterocycles. The van der Waals surface area contributed by atoms with E-state index in [0.717, 1.165) is 31.4 Å². The molecule has 0 bridgehead atoms. The zero-order valence-electron chi connectivity index (χ0n) is 12.2. The molecule has 0 amide bonds. The van der Waals surface area contributed by atoms with Crippen LogP contribution in [0.15, 0.2) is 12.1 Å². The van der Waals surface area contributed by atoms with Crippen molar-refractivity contribution in [3.63, 3.8) is 0 Å². The Labute approximate surface area is 119 Å². The fourth-order valence-electron chi connectivity index (χ4n) is 2.05. The van der Waals surface area contributed by atoms with Crippen LogP contribution in [0.3, 0.4) is 0 Å². The fourth-order valence-corrected chi connectivity index (χ4v) is 2.05. The molecule has 1 unspecified atom stereocenters. The molecule has 0 fully saturated rings. The molecule has 1 rings (SSSR count). The number of aromatic carboxylic acids is 1. The standard InChI is InChI=1S/C15H23FN2O2/c1-9(2)5-4-6-10(3)18-14-8-12(16)11(15(19)20)7-13(14)17/h7-10,18H,4-6,17H2,1-3H3,(H,19,20). The number of carbonyl (C=O) groups is 1. The minimum atomic E-state index is -1.31. The Morgan fingerprint density at radius 1 is 1.35 bits per heavy atom. The lowest BCUT2D eigenvalue weighted by atomic mass is 10.0. The van der Waals surface area contributed by atoms with Crippen molar-refractivity contribution in [1.29, 1.82) is 0 Å². The highest BCUT2D eigenvalue weighted by molar-refractivity contribution is 5.90. The zero-order valence-corrected chi connectivity index (χ0v) is 12.2. The van der Waals surface area contributed by atoms with Crippen LogP contribution in [0, 0.1) is 11.7 Å². The van der Waals surface area contributed by atoms with Crippen LogP contribution in [0.1, 0.15) is 50.4 Å². The van der Waals surface area contributed by atoms with Gasteiger partial charge in [0.1, 0.15) is 5.82 Å². The van der Waals surface area contributed by atoms with E-state index in [1.54, 1.807) is 0 Å². The molecule has 0 heterocycles. The highest BCUT2D eigenvalue weighted by Gasteiger charge is 2.14. The molecular weight excluding hydrogens is 259 g/mol. The van der Waals surface area contributed by atoms with E-state index in [-0.39, 0.29) is 11.7 Å². The molecule has 20 heavy (non-hydrogen) atoms. The molecule has 5 heteroatoms. The maximum atomic E-state index is 13.6. The van der Waals surface area contributed by atoms with Gasteiger partial charge in [0.25, 0.3) is 0 Å². The van der Waals surface area contributed by atoms with Crippen LogP contribution in [0.25, 0.3) is 0 Å². The number of carboxylic acid groups (broad SMARTS) is 1. The second-order valence-corrected chi connectivity index (χ2v) is 5.59. The van der Waals surface area contributed by atoms with E-state index in [1.807, 2.05) is 6.92 Å². The van der Waals surface area contributed by atoms with E-state index in [1.165, 1.54) is 0 Å². The highest BCUT2D eigenvalue weighted by Crippen LogP contribution is 2.24. The smallest absolute Gasteiger partial charge is 0.338 e. The van der Waals surface area contributed by atoms with E-state index >= 15 is 0 Å². The number of halogens is 1. The first-order valence-corrected chi connectivity index (χ1v) is 6.90. The van der Waals surface area contributed by atoms with Gasteiger partial charge < -0.3 is 16.2 Å². The molecule has 1 atom stereocenters. The Bertz CT molecular complexity index is 475. The lowest BCUT2D eigenvalue weighted by Crippen LogP contribution is -2.17. The first-order chi connectivity index (χ1) is 9.31. The molecule has 112 valence electrons. The average molecular weight is 282 g/mol. The highest BCUT2D eigenvalue weighted by atomic mass is 19.1. The summed E-state index contributed by atoms with van der Waals surface area (Å²) >= 11 is 0. The third-order valence-corrected chi connectivity index (χ3v) is 3.19. The van der Waals surface area contributed by atoms with Gasteiger partial charge in [-0.05, 0) is 31.4 Å². The minimum Gasteiger partial charge on any atom is -0.478 e. The molecular formula is C15H23FN2O2.